The van der Waals surface area contributed by atoms with E-state index in [4.69, 9.17) is 0 Å². The molecule has 0 unspecified atom stereocenters. The highest BCUT2D eigenvalue weighted by Crippen LogP contribution is 2.05. The molecule has 0 aliphatic heterocycles. The maximum absolute atomic E-state index is 11.2. The molecular weight excluding hydrogens is 162 g/mol. The molecule has 0 aliphatic rings. The molecule has 1 amide bonds. The average molecular weight is 176 g/mol. The van der Waals surface area contributed by atoms with Gasteiger partial charge in [-0.1, -0.05) is 31.5 Å². The van der Waals surface area contributed by atoms with Gasteiger partial charge in [-0.3, -0.25) is 4.79 Å². The molecule has 0 atom stereocenters. The van der Waals surface area contributed by atoms with Crippen LogP contribution in [0.4, 0.5) is 5.69 Å². The summed E-state index contributed by atoms with van der Waals surface area (Å²) in [4.78, 5) is 11.2. The second kappa shape index (κ2) is 5.36. The Morgan fingerprint density at radius 1 is 1.38 bits per heavy atom. The minimum Gasteiger partial charge on any atom is -0.326 e. The van der Waals surface area contributed by atoms with Crippen molar-refractivity contribution in [3.63, 3.8) is 0 Å². The van der Waals surface area contributed by atoms with Gasteiger partial charge in [-0.05, 0) is 18.6 Å². The normalized spacial score (nSPS) is 9.62. The number of para-hydroxylation sites is 1. The molecule has 0 spiro atoms. The molecule has 0 heterocycles. The molecule has 0 bridgehead atoms. The molecular formula is C11H14NO. The highest BCUT2D eigenvalue weighted by atomic mass is 16.1. The van der Waals surface area contributed by atoms with Gasteiger partial charge in [0.25, 0.3) is 0 Å². The highest BCUT2D eigenvalue weighted by Gasteiger charge is 1.99. The van der Waals surface area contributed by atoms with Crippen molar-refractivity contribution < 1.29 is 4.79 Å². The fraction of sp³-hybridized carbons (Fsp3) is 0.273. The van der Waals surface area contributed by atoms with Gasteiger partial charge in [0.2, 0.25) is 5.91 Å². The summed E-state index contributed by atoms with van der Waals surface area (Å²) in [6.07, 6.45) is 3.38. The van der Waals surface area contributed by atoms with E-state index < -0.39 is 0 Å². The summed E-state index contributed by atoms with van der Waals surface area (Å²) in [6.45, 7) is 2.02. The number of hydrogen-bond donors (Lipinski definition) is 1. The lowest BCUT2D eigenvalue weighted by Crippen LogP contribution is -2.10. The molecule has 0 aromatic heterocycles. The zero-order valence-corrected chi connectivity index (χ0v) is 7.79. The summed E-state index contributed by atoms with van der Waals surface area (Å²) in [6, 6.07) is 9.49. The monoisotopic (exact) mass is 176 g/mol. The molecule has 1 aromatic carbocycles. The molecule has 69 valence electrons. The van der Waals surface area contributed by atoms with Gasteiger partial charge in [0.05, 0.1) is 0 Å². The minimum absolute atomic E-state index is 0.0491. The molecule has 0 saturated carbocycles. The number of nitrogens with one attached hydrogen (secondary N) is 1. The summed E-state index contributed by atoms with van der Waals surface area (Å²) in [7, 11) is 0. The highest BCUT2D eigenvalue weighted by molar-refractivity contribution is 5.91. The van der Waals surface area contributed by atoms with Crippen molar-refractivity contribution in [2.24, 2.45) is 0 Å². The lowest BCUT2D eigenvalue weighted by Gasteiger charge is -2.03. The predicted octanol–water partition coefficient (Wildman–Crippen LogP) is 2.63. The van der Waals surface area contributed by atoms with Gasteiger partial charge in [-0.2, -0.15) is 0 Å². The van der Waals surface area contributed by atoms with E-state index in [1.54, 1.807) is 0 Å². The molecule has 1 rings (SSSR count). The number of carbonyl (C=O) groups is 1. The topological polar surface area (TPSA) is 29.1 Å². The van der Waals surface area contributed by atoms with E-state index in [2.05, 4.69) is 5.32 Å². The van der Waals surface area contributed by atoms with E-state index in [1.807, 2.05) is 43.7 Å². The van der Waals surface area contributed by atoms with Crippen molar-refractivity contribution in [3.8, 4) is 0 Å². The average Bonchev–Trinajstić information content (AvgIpc) is 2.16. The van der Waals surface area contributed by atoms with Crippen molar-refractivity contribution in [1.82, 2.24) is 0 Å². The molecule has 2 nitrogen and oxygen atoms in total. The standard InChI is InChI=1S/C11H14NO/c1-2-3-9-11(13)12-10-7-5-4-6-8-10/h3-8H,2,9H2,1H3,(H,12,13). The van der Waals surface area contributed by atoms with Gasteiger partial charge in [-0.25, -0.2) is 0 Å². The third kappa shape index (κ3) is 3.74. The Balaban J connectivity index is 2.37. The van der Waals surface area contributed by atoms with Crippen LogP contribution >= 0.6 is 0 Å². The maximum Gasteiger partial charge on any atom is 0.224 e. The van der Waals surface area contributed by atoms with Crippen molar-refractivity contribution in [1.29, 1.82) is 0 Å². The number of rotatable bonds is 4. The van der Waals surface area contributed by atoms with Crippen LogP contribution in [0.25, 0.3) is 0 Å². The van der Waals surface area contributed by atoms with E-state index in [0.29, 0.717) is 6.42 Å². The molecule has 1 radical (unpaired) electrons. The van der Waals surface area contributed by atoms with E-state index >= 15 is 0 Å². The van der Waals surface area contributed by atoms with Gasteiger partial charge < -0.3 is 5.32 Å². The van der Waals surface area contributed by atoms with Crippen molar-refractivity contribution in [3.05, 3.63) is 36.8 Å². The van der Waals surface area contributed by atoms with Crippen LogP contribution in [0.5, 0.6) is 0 Å². The lowest BCUT2D eigenvalue weighted by atomic mass is 10.2. The Kier molecular flexibility index (Phi) is 4.03. The van der Waals surface area contributed by atoms with Crippen LogP contribution in [0.1, 0.15) is 19.8 Å². The molecule has 13 heavy (non-hydrogen) atoms. The smallest absolute Gasteiger partial charge is 0.224 e. The molecule has 2 heteroatoms. The van der Waals surface area contributed by atoms with Gasteiger partial charge in [0.1, 0.15) is 0 Å². The van der Waals surface area contributed by atoms with Crippen molar-refractivity contribution >= 4 is 11.6 Å². The Hall–Kier alpha value is -1.31. The molecule has 0 saturated heterocycles. The predicted molar refractivity (Wildman–Crippen MR) is 54.3 cm³/mol. The molecule has 0 fully saturated rings. The van der Waals surface area contributed by atoms with Crippen LogP contribution < -0.4 is 5.32 Å². The zero-order valence-electron chi connectivity index (χ0n) is 7.79. The molecule has 1 N–H and O–H groups in total. The lowest BCUT2D eigenvalue weighted by molar-refractivity contribution is -0.115. The first-order valence-corrected chi connectivity index (χ1v) is 4.49. The van der Waals surface area contributed by atoms with E-state index in [1.165, 1.54) is 0 Å². The first-order valence-electron chi connectivity index (χ1n) is 4.49. The van der Waals surface area contributed by atoms with E-state index in [0.717, 1.165) is 12.1 Å². The van der Waals surface area contributed by atoms with Crippen LogP contribution in [-0.2, 0) is 4.79 Å². The van der Waals surface area contributed by atoms with Crippen molar-refractivity contribution in [2.45, 2.75) is 19.8 Å². The number of carbonyl (C=O) groups excluding carboxylic acids is 1. The third-order valence-electron chi connectivity index (χ3n) is 1.68. The SMILES string of the molecule is CC[CH]CC(=O)Nc1ccccc1. The van der Waals surface area contributed by atoms with Gasteiger partial charge in [0.15, 0.2) is 0 Å². The largest absolute Gasteiger partial charge is 0.326 e. The second-order valence-electron chi connectivity index (χ2n) is 2.82. The Morgan fingerprint density at radius 2 is 2.08 bits per heavy atom. The number of hydrogen-bond acceptors (Lipinski definition) is 1. The zero-order chi connectivity index (χ0) is 9.52. The van der Waals surface area contributed by atoms with Gasteiger partial charge >= 0.3 is 0 Å². The first kappa shape index (κ1) is 9.78. The number of unbranched alkanes of at least 4 members (excludes halogenated alkanes) is 1. The van der Waals surface area contributed by atoms with Gasteiger partial charge in [0, 0.05) is 12.1 Å². The number of anilines is 1. The second-order valence-corrected chi connectivity index (χ2v) is 2.82. The van der Waals surface area contributed by atoms with Crippen molar-refractivity contribution in [2.75, 3.05) is 5.32 Å². The fourth-order valence-corrected chi connectivity index (χ4v) is 1.01. The minimum atomic E-state index is 0.0491. The van der Waals surface area contributed by atoms with E-state index in [9.17, 15) is 4.79 Å². The number of benzene rings is 1. The maximum atomic E-state index is 11.2. The summed E-state index contributed by atoms with van der Waals surface area (Å²) in [5.41, 5.74) is 0.858. The fourth-order valence-electron chi connectivity index (χ4n) is 1.01. The summed E-state index contributed by atoms with van der Waals surface area (Å²) in [5.74, 6) is 0.0491. The van der Waals surface area contributed by atoms with Crippen LogP contribution in [0.15, 0.2) is 30.3 Å². The third-order valence-corrected chi connectivity index (χ3v) is 1.68. The Labute approximate surface area is 79.0 Å². The van der Waals surface area contributed by atoms with Crippen LogP contribution in [0, 0.1) is 6.42 Å². The van der Waals surface area contributed by atoms with Gasteiger partial charge in [-0.15, -0.1) is 0 Å². The first-order chi connectivity index (χ1) is 6.33. The van der Waals surface area contributed by atoms with E-state index in [-0.39, 0.29) is 5.91 Å². The molecule has 1 aromatic rings. The van der Waals surface area contributed by atoms with Crippen LogP contribution in [-0.4, -0.2) is 5.91 Å². The summed E-state index contributed by atoms with van der Waals surface area (Å²) >= 11 is 0. The molecule has 0 aliphatic carbocycles. The Bertz CT molecular complexity index is 256. The summed E-state index contributed by atoms with van der Waals surface area (Å²) in [5, 5.41) is 2.81. The Morgan fingerprint density at radius 3 is 2.69 bits per heavy atom. The number of amides is 1. The quantitative estimate of drug-likeness (QED) is 0.750. The van der Waals surface area contributed by atoms with Crippen LogP contribution in [0.3, 0.4) is 0 Å². The van der Waals surface area contributed by atoms with Crippen LogP contribution in [0.2, 0.25) is 0 Å². The summed E-state index contributed by atoms with van der Waals surface area (Å²) < 4.78 is 0.